The van der Waals surface area contributed by atoms with Crippen LogP contribution in [-0.2, 0) is 0 Å². The van der Waals surface area contributed by atoms with E-state index < -0.39 is 0 Å². The Kier molecular flexibility index (Phi) is 5.29. The molecule has 0 saturated heterocycles. The number of rotatable bonds is 6. The van der Waals surface area contributed by atoms with Crippen LogP contribution >= 0.6 is 11.6 Å². The average molecular weight is 256 g/mol. The van der Waals surface area contributed by atoms with Gasteiger partial charge in [-0.25, -0.2) is 0 Å². The van der Waals surface area contributed by atoms with E-state index in [1.54, 1.807) is 0 Å². The van der Waals surface area contributed by atoms with Crippen LogP contribution in [0.1, 0.15) is 32.3 Å². The Labute approximate surface area is 109 Å². The molecule has 17 heavy (non-hydrogen) atoms. The van der Waals surface area contributed by atoms with E-state index >= 15 is 0 Å². The van der Waals surface area contributed by atoms with Crippen LogP contribution in [0.15, 0.2) is 18.2 Å². The number of benzene rings is 1. The fourth-order valence-corrected chi connectivity index (χ4v) is 2.02. The Hall–Kier alpha value is -0.730. The summed E-state index contributed by atoms with van der Waals surface area (Å²) in [4.78, 5) is 0. The van der Waals surface area contributed by atoms with Crippen molar-refractivity contribution in [3.63, 3.8) is 0 Å². The van der Waals surface area contributed by atoms with Crippen molar-refractivity contribution < 1.29 is 5.11 Å². The molecule has 0 amide bonds. The largest absolute Gasteiger partial charge is 0.396 e. The van der Waals surface area contributed by atoms with Crippen LogP contribution in [0.5, 0.6) is 0 Å². The SMILES string of the molecule is CCC(CC)(CO)CNc1cc(C)ccc1Cl. The monoisotopic (exact) mass is 255 g/mol. The summed E-state index contributed by atoms with van der Waals surface area (Å²) < 4.78 is 0. The number of aryl methyl sites for hydroxylation is 1. The summed E-state index contributed by atoms with van der Waals surface area (Å²) in [7, 11) is 0. The first-order valence-corrected chi connectivity index (χ1v) is 6.55. The zero-order chi connectivity index (χ0) is 12.9. The van der Waals surface area contributed by atoms with E-state index in [2.05, 4.69) is 19.2 Å². The van der Waals surface area contributed by atoms with Gasteiger partial charge in [0.05, 0.1) is 17.3 Å². The average Bonchev–Trinajstić information content (AvgIpc) is 2.35. The predicted molar refractivity (Wildman–Crippen MR) is 74.8 cm³/mol. The van der Waals surface area contributed by atoms with Gasteiger partial charge < -0.3 is 10.4 Å². The second-order valence-electron chi connectivity index (χ2n) is 4.70. The maximum Gasteiger partial charge on any atom is 0.0637 e. The zero-order valence-electron chi connectivity index (χ0n) is 10.9. The van der Waals surface area contributed by atoms with Gasteiger partial charge in [0.2, 0.25) is 0 Å². The molecule has 0 bridgehead atoms. The van der Waals surface area contributed by atoms with Crippen LogP contribution in [0.4, 0.5) is 5.69 Å². The van der Waals surface area contributed by atoms with E-state index in [0.29, 0.717) is 0 Å². The lowest BCUT2D eigenvalue weighted by molar-refractivity contribution is 0.127. The van der Waals surface area contributed by atoms with Crippen LogP contribution in [0.25, 0.3) is 0 Å². The molecule has 0 unspecified atom stereocenters. The second-order valence-corrected chi connectivity index (χ2v) is 5.11. The van der Waals surface area contributed by atoms with Crippen LogP contribution in [0.2, 0.25) is 5.02 Å². The topological polar surface area (TPSA) is 32.3 Å². The molecule has 1 rings (SSSR count). The molecule has 0 saturated carbocycles. The number of anilines is 1. The first-order valence-electron chi connectivity index (χ1n) is 6.18. The number of hydrogen-bond acceptors (Lipinski definition) is 2. The van der Waals surface area contributed by atoms with Crippen LogP contribution in [0.3, 0.4) is 0 Å². The van der Waals surface area contributed by atoms with E-state index in [-0.39, 0.29) is 12.0 Å². The van der Waals surface area contributed by atoms with E-state index in [0.717, 1.165) is 30.1 Å². The summed E-state index contributed by atoms with van der Waals surface area (Å²) in [6, 6.07) is 5.93. The molecule has 0 spiro atoms. The molecule has 96 valence electrons. The minimum atomic E-state index is -0.0485. The van der Waals surface area contributed by atoms with Gasteiger partial charge in [-0.2, -0.15) is 0 Å². The number of nitrogens with one attached hydrogen (secondary N) is 1. The normalized spacial score (nSPS) is 11.6. The molecule has 0 heterocycles. The molecule has 0 aromatic heterocycles. The van der Waals surface area contributed by atoms with Crippen molar-refractivity contribution in [1.29, 1.82) is 0 Å². The molecule has 0 aliphatic rings. The maximum atomic E-state index is 9.51. The summed E-state index contributed by atoms with van der Waals surface area (Å²) in [5.41, 5.74) is 2.08. The quantitative estimate of drug-likeness (QED) is 0.809. The molecule has 1 aromatic rings. The molecule has 0 aliphatic carbocycles. The molecular formula is C14H22ClNO. The zero-order valence-corrected chi connectivity index (χ0v) is 11.6. The van der Waals surface area contributed by atoms with Gasteiger partial charge in [0.1, 0.15) is 0 Å². The van der Waals surface area contributed by atoms with Gasteiger partial charge in [0.25, 0.3) is 0 Å². The highest BCUT2D eigenvalue weighted by Crippen LogP contribution is 2.28. The minimum absolute atomic E-state index is 0.0485. The Bertz CT molecular complexity index is 353. The van der Waals surface area contributed by atoms with Gasteiger partial charge >= 0.3 is 0 Å². The highest BCUT2D eigenvalue weighted by atomic mass is 35.5. The van der Waals surface area contributed by atoms with Gasteiger partial charge in [-0.3, -0.25) is 0 Å². The molecule has 0 fully saturated rings. The van der Waals surface area contributed by atoms with Crippen molar-refractivity contribution in [3.8, 4) is 0 Å². The van der Waals surface area contributed by atoms with Gasteiger partial charge in [-0.1, -0.05) is 31.5 Å². The maximum absolute atomic E-state index is 9.51. The highest BCUT2D eigenvalue weighted by molar-refractivity contribution is 6.33. The Morgan fingerprint density at radius 3 is 2.47 bits per heavy atom. The highest BCUT2D eigenvalue weighted by Gasteiger charge is 2.25. The summed E-state index contributed by atoms with van der Waals surface area (Å²) in [6.45, 7) is 7.22. The lowest BCUT2D eigenvalue weighted by atomic mass is 9.83. The third kappa shape index (κ3) is 3.62. The molecule has 2 nitrogen and oxygen atoms in total. The van der Waals surface area contributed by atoms with Gasteiger partial charge in [0, 0.05) is 12.0 Å². The van der Waals surface area contributed by atoms with Crippen molar-refractivity contribution >= 4 is 17.3 Å². The van der Waals surface area contributed by atoms with Gasteiger partial charge in [-0.15, -0.1) is 0 Å². The molecule has 0 radical (unpaired) electrons. The molecular weight excluding hydrogens is 234 g/mol. The number of halogens is 1. The van der Waals surface area contributed by atoms with Crippen molar-refractivity contribution in [2.45, 2.75) is 33.6 Å². The molecule has 1 aromatic carbocycles. The Balaban J connectivity index is 2.75. The summed E-state index contributed by atoms with van der Waals surface area (Å²) >= 11 is 6.13. The number of aliphatic hydroxyl groups is 1. The van der Waals surface area contributed by atoms with Crippen molar-refractivity contribution in [2.75, 3.05) is 18.5 Å². The Morgan fingerprint density at radius 1 is 1.29 bits per heavy atom. The first kappa shape index (κ1) is 14.3. The second kappa shape index (κ2) is 6.27. The van der Waals surface area contributed by atoms with E-state index in [4.69, 9.17) is 11.6 Å². The van der Waals surface area contributed by atoms with Crippen LogP contribution in [0, 0.1) is 12.3 Å². The van der Waals surface area contributed by atoms with E-state index in [1.807, 2.05) is 25.1 Å². The van der Waals surface area contributed by atoms with Crippen molar-refractivity contribution in [3.05, 3.63) is 28.8 Å². The minimum Gasteiger partial charge on any atom is -0.396 e. The summed E-state index contributed by atoms with van der Waals surface area (Å²) in [5, 5.41) is 13.6. The summed E-state index contributed by atoms with van der Waals surface area (Å²) in [6.07, 6.45) is 1.91. The molecule has 2 N–H and O–H groups in total. The van der Waals surface area contributed by atoms with Crippen molar-refractivity contribution in [1.82, 2.24) is 0 Å². The van der Waals surface area contributed by atoms with Gasteiger partial charge in [0.15, 0.2) is 0 Å². The number of aliphatic hydroxyl groups excluding tert-OH is 1. The van der Waals surface area contributed by atoms with Crippen molar-refractivity contribution in [2.24, 2.45) is 5.41 Å². The predicted octanol–water partition coefficient (Wildman–Crippen LogP) is 3.86. The first-order chi connectivity index (χ1) is 8.06. The van der Waals surface area contributed by atoms with Gasteiger partial charge in [-0.05, 0) is 37.5 Å². The fraction of sp³-hybridized carbons (Fsp3) is 0.571. The van der Waals surface area contributed by atoms with Crippen LogP contribution in [-0.4, -0.2) is 18.3 Å². The third-order valence-electron chi connectivity index (χ3n) is 3.61. The molecule has 3 heteroatoms. The third-order valence-corrected chi connectivity index (χ3v) is 3.94. The number of hydrogen-bond donors (Lipinski definition) is 2. The lowest BCUT2D eigenvalue weighted by Crippen LogP contribution is -2.32. The van der Waals surface area contributed by atoms with E-state index in [1.165, 1.54) is 5.56 Å². The smallest absolute Gasteiger partial charge is 0.0637 e. The Morgan fingerprint density at radius 2 is 1.94 bits per heavy atom. The van der Waals surface area contributed by atoms with E-state index in [9.17, 15) is 5.11 Å². The molecule has 0 aliphatic heterocycles. The lowest BCUT2D eigenvalue weighted by Gasteiger charge is -2.30. The standard InChI is InChI=1S/C14H22ClNO/c1-4-14(5-2,10-17)9-16-13-8-11(3)6-7-12(13)15/h6-8,16-17H,4-5,9-10H2,1-3H3. The molecule has 0 atom stereocenters. The summed E-state index contributed by atoms with van der Waals surface area (Å²) in [5.74, 6) is 0. The fourth-order valence-electron chi connectivity index (χ4n) is 1.84. The van der Waals surface area contributed by atoms with Crippen LogP contribution < -0.4 is 5.32 Å².